The van der Waals surface area contributed by atoms with Crippen molar-refractivity contribution in [1.29, 1.82) is 0 Å². The van der Waals surface area contributed by atoms with E-state index in [0.717, 1.165) is 18.8 Å². The van der Waals surface area contributed by atoms with Crippen molar-refractivity contribution in [3.05, 3.63) is 29.8 Å². The van der Waals surface area contributed by atoms with E-state index in [1.54, 1.807) is 7.11 Å². The molecule has 2 unspecified atom stereocenters. The molecule has 0 saturated carbocycles. The first kappa shape index (κ1) is 14.0. The van der Waals surface area contributed by atoms with Crippen molar-refractivity contribution in [3.63, 3.8) is 0 Å². The van der Waals surface area contributed by atoms with Gasteiger partial charge >= 0.3 is 0 Å². The van der Waals surface area contributed by atoms with E-state index >= 15 is 0 Å². The van der Waals surface area contributed by atoms with E-state index in [9.17, 15) is 0 Å². The van der Waals surface area contributed by atoms with Gasteiger partial charge in [0.1, 0.15) is 0 Å². The quantitative estimate of drug-likeness (QED) is 0.772. The van der Waals surface area contributed by atoms with Gasteiger partial charge in [-0.1, -0.05) is 19.1 Å². The Kier molecular flexibility index (Phi) is 5.45. The number of hydrogen-bond acceptors (Lipinski definition) is 3. The van der Waals surface area contributed by atoms with E-state index < -0.39 is 0 Å². The molecule has 3 nitrogen and oxygen atoms in total. The molecule has 0 fully saturated rings. The zero-order valence-corrected chi connectivity index (χ0v) is 11.3. The van der Waals surface area contributed by atoms with Crippen LogP contribution in [0.5, 0.6) is 0 Å². The molecule has 0 aliphatic rings. The second kappa shape index (κ2) is 6.62. The monoisotopic (exact) mass is 236 g/mol. The molecule has 2 N–H and O–H groups in total. The summed E-state index contributed by atoms with van der Waals surface area (Å²) in [4.78, 5) is 2.43. The molecule has 1 aromatic rings. The summed E-state index contributed by atoms with van der Waals surface area (Å²) in [5, 5.41) is 0. The topological polar surface area (TPSA) is 38.5 Å². The number of nitrogen functional groups attached to an aromatic ring is 1. The third kappa shape index (κ3) is 3.72. The number of rotatable bonds is 6. The van der Waals surface area contributed by atoms with Gasteiger partial charge in [-0.25, -0.2) is 0 Å². The molecule has 17 heavy (non-hydrogen) atoms. The molecule has 0 aromatic heterocycles. The molecule has 0 amide bonds. The van der Waals surface area contributed by atoms with Gasteiger partial charge in [-0.15, -0.1) is 0 Å². The maximum atomic E-state index is 5.71. The molecule has 96 valence electrons. The van der Waals surface area contributed by atoms with Gasteiger partial charge in [-0.05, 0) is 38.1 Å². The van der Waals surface area contributed by atoms with Crippen LogP contribution in [-0.2, 0) is 4.74 Å². The van der Waals surface area contributed by atoms with E-state index in [2.05, 4.69) is 37.8 Å². The summed E-state index contributed by atoms with van der Waals surface area (Å²) < 4.78 is 5.23. The van der Waals surface area contributed by atoms with Gasteiger partial charge in [0.05, 0.1) is 6.61 Å². The van der Waals surface area contributed by atoms with Gasteiger partial charge in [-0.2, -0.15) is 0 Å². The maximum Gasteiger partial charge on any atom is 0.0615 e. The van der Waals surface area contributed by atoms with Crippen LogP contribution in [0.15, 0.2) is 24.3 Å². The Morgan fingerprint density at radius 2 is 1.82 bits per heavy atom. The van der Waals surface area contributed by atoms with Gasteiger partial charge in [0.2, 0.25) is 0 Å². The van der Waals surface area contributed by atoms with E-state index in [0.29, 0.717) is 12.1 Å². The molecule has 0 aliphatic carbocycles. The van der Waals surface area contributed by atoms with Crippen LogP contribution in [0.2, 0.25) is 0 Å². The second-order valence-corrected chi connectivity index (χ2v) is 4.48. The molecule has 1 aromatic carbocycles. The molecule has 3 heteroatoms. The molecule has 0 radical (unpaired) electrons. The predicted molar refractivity (Wildman–Crippen MR) is 73.0 cm³/mol. The highest BCUT2D eigenvalue weighted by Gasteiger charge is 2.19. The van der Waals surface area contributed by atoms with Crippen LogP contribution in [-0.4, -0.2) is 31.2 Å². The molecule has 0 bridgehead atoms. The van der Waals surface area contributed by atoms with E-state index in [1.165, 1.54) is 5.56 Å². The van der Waals surface area contributed by atoms with Crippen molar-refractivity contribution in [2.24, 2.45) is 0 Å². The lowest BCUT2D eigenvalue weighted by Gasteiger charge is -2.33. The number of anilines is 1. The summed E-state index contributed by atoms with van der Waals surface area (Å²) >= 11 is 0. The minimum Gasteiger partial charge on any atom is -0.399 e. The second-order valence-electron chi connectivity index (χ2n) is 4.48. The molecule has 0 aliphatic heterocycles. The standard InChI is InChI=1S/C14H24N2O/c1-5-16(11(2)10-17-4)12(3)13-6-8-14(15)9-7-13/h6-9,11-12H,5,10,15H2,1-4H3. The largest absolute Gasteiger partial charge is 0.399 e. The zero-order chi connectivity index (χ0) is 12.8. The van der Waals surface area contributed by atoms with Gasteiger partial charge in [0, 0.05) is 24.9 Å². The number of methoxy groups -OCH3 is 1. The number of nitrogens with two attached hydrogens (primary N) is 1. The van der Waals surface area contributed by atoms with E-state index in [1.807, 2.05) is 12.1 Å². The molecule has 1 rings (SSSR count). The molecular formula is C14H24N2O. The highest BCUT2D eigenvalue weighted by molar-refractivity contribution is 5.40. The smallest absolute Gasteiger partial charge is 0.0615 e. The third-order valence-corrected chi connectivity index (χ3v) is 3.26. The lowest BCUT2D eigenvalue weighted by atomic mass is 10.0. The van der Waals surface area contributed by atoms with Gasteiger partial charge in [-0.3, -0.25) is 4.90 Å². The highest BCUT2D eigenvalue weighted by atomic mass is 16.5. The maximum absolute atomic E-state index is 5.71. The van der Waals surface area contributed by atoms with Crippen molar-refractivity contribution in [3.8, 4) is 0 Å². The fraction of sp³-hybridized carbons (Fsp3) is 0.571. The number of likely N-dealkylation sites (N-methyl/N-ethyl adjacent to an activating group) is 1. The average Bonchev–Trinajstić information content (AvgIpc) is 2.31. The summed E-state index contributed by atoms with van der Waals surface area (Å²) in [6.07, 6.45) is 0. The predicted octanol–water partition coefficient (Wildman–Crippen LogP) is 2.69. The minimum atomic E-state index is 0.380. The SMILES string of the molecule is CCN(C(C)COC)C(C)c1ccc(N)cc1. The van der Waals surface area contributed by atoms with Crippen LogP contribution in [0.3, 0.4) is 0 Å². The number of nitrogens with zero attached hydrogens (tertiary/aromatic N) is 1. The van der Waals surface area contributed by atoms with Crippen LogP contribution >= 0.6 is 0 Å². The first-order chi connectivity index (χ1) is 8.10. The van der Waals surface area contributed by atoms with Crippen molar-refractivity contribution >= 4 is 5.69 Å². The Bertz CT molecular complexity index is 323. The Hall–Kier alpha value is -1.06. The van der Waals surface area contributed by atoms with Gasteiger partial charge in [0.25, 0.3) is 0 Å². The lowest BCUT2D eigenvalue weighted by Crippen LogP contribution is -2.38. The fourth-order valence-corrected chi connectivity index (χ4v) is 2.27. The Labute approximate surface area is 105 Å². The highest BCUT2D eigenvalue weighted by Crippen LogP contribution is 2.23. The zero-order valence-electron chi connectivity index (χ0n) is 11.3. The van der Waals surface area contributed by atoms with Crippen LogP contribution < -0.4 is 5.73 Å². The van der Waals surface area contributed by atoms with Crippen LogP contribution in [0.25, 0.3) is 0 Å². The van der Waals surface area contributed by atoms with E-state index in [4.69, 9.17) is 10.5 Å². The van der Waals surface area contributed by atoms with Gasteiger partial charge in [0.15, 0.2) is 0 Å². The van der Waals surface area contributed by atoms with E-state index in [-0.39, 0.29) is 0 Å². The normalized spacial score (nSPS) is 14.9. The summed E-state index contributed by atoms with van der Waals surface area (Å²) in [7, 11) is 1.75. The van der Waals surface area contributed by atoms with Crippen molar-refractivity contribution in [2.75, 3.05) is 26.0 Å². The molecule has 0 spiro atoms. The number of hydrogen-bond donors (Lipinski definition) is 1. The first-order valence-electron chi connectivity index (χ1n) is 6.20. The van der Waals surface area contributed by atoms with Gasteiger partial charge < -0.3 is 10.5 Å². The van der Waals surface area contributed by atoms with Crippen molar-refractivity contribution in [1.82, 2.24) is 4.90 Å². The minimum absolute atomic E-state index is 0.380. The first-order valence-corrected chi connectivity index (χ1v) is 6.20. The average molecular weight is 236 g/mol. The summed E-state index contributed by atoms with van der Waals surface area (Å²) in [6, 6.07) is 8.91. The summed E-state index contributed by atoms with van der Waals surface area (Å²) in [5.74, 6) is 0. The Morgan fingerprint density at radius 3 is 2.29 bits per heavy atom. The summed E-state index contributed by atoms with van der Waals surface area (Å²) in [5.41, 5.74) is 7.82. The molecular weight excluding hydrogens is 212 g/mol. The molecule has 0 saturated heterocycles. The Morgan fingerprint density at radius 1 is 1.24 bits per heavy atom. The number of benzene rings is 1. The summed E-state index contributed by atoms with van der Waals surface area (Å²) in [6.45, 7) is 8.37. The molecule has 0 heterocycles. The van der Waals surface area contributed by atoms with Crippen molar-refractivity contribution < 1.29 is 4.74 Å². The van der Waals surface area contributed by atoms with Crippen LogP contribution in [0.4, 0.5) is 5.69 Å². The Balaban J connectivity index is 2.78. The lowest BCUT2D eigenvalue weighted by molar-refractivity contribution is 0.0782. The molecule has 2 atom stereocenters. The van der Waals surface area contributed by atoms with Crippen LogP contribution in [0.1, 0.15) is 32.4 Å². The third-order valence-electron chi connectivity index (χ3n) is 3.26. The number of ether oxygens (including phenoxy) is 1. The fourth-order valence-electron chi connectivity index (χ4n) is 2.27. The van der Waals surface area contributed by atoms with Crippen LogP contribution in [0, 0.1) is 0 Å². The van der Waals surface area contributed by atoms with Crippen molar-refractivity contribution in [2.45, 2.75) is 32.9 Å².